The molecular weight excluding hydrogens is 414 g/mol. The molecule has 0 saturated carbocycles. The van der Waals surface area contributed by atoms with Gasteiger partial charge < -0.3 is 9.64 Å². The Labute approximate surface area is 186 Å². The molecule has 2 amide bonds. The number of ether oxygens (including phenoxy) is 1. The fourth-order valence-electron chi connectivity index (χ4n) is 4.13. The van der Waals surface area contributed by atoms with Crippen molar-refractivity contribution >= 4 is 23.1 Å². The number of imide groups is 1. The lowest BCUT2D eigenvalue weighted by Crippen LogP contribution is -2.38. The number of hydrogen-bond acceptors (Lipinski definition) is 4. The standard InChI is InChI=1S/C25H26F2N2O3/c1-15(2)32-19-7-4-17(5-8-19)22-23(28-12-10-16(3)11-13-28)25(31)29(24(22)30)18-6-9-20(26)21(27)14-18/h4-9,14-16H,10-13H2,1-3H3. The number of rotatable bonds is 5. The van der Waals surface area contributed by atoms with E-state index in [0.29, 0.717) is 36.0 Å². The van der Waals surface area contributed by atoms with Crippen LogP contribution in [0.1, 0.15) is 39.2 Å². The molecule has 5 nitrogen and oxygen atoms in total. The number of amides is 2. The summed E-state index contributed by atoms with van der Waals surface area (Å²) < 4.78 is 33.0. The Balaban J connectivity index is 1.76. The Morgan fingerprint density at radius 1 is 0.938 bits per heavy atom. The minimum Gasteiger partial charge on any atom is -0.491 e. The molecule has 2 aliphatic rings. The first-order valence-electron chi connectivity index (χ1n) is 10.9. The number of nitrogens with zero attached hydrogens (tertiary/aromatic N) is 2. The Morgan fingerprint density at radius 3 is 2.19 bits per heavy atom. The number of piperidine rings is 1. The second-order valence-corrected chi connectivity index (χ2v) is 8.63. The van der Waals surface area contributed by atoms with Crippen molar-refractivity contribution in [2.75, 3.05) is 18.0 Å². The van der Waals surface area contributed by atoms with Crippen LogP contribution in [0.25, 0.3) is 5.57 Å². The highest BCUT2D eigenvalue weighted by molar-refractivity contribution is 6.45. The minimum absolute atomic E-state index is 0.00419. The van der Waals surface area contributed by atoms with Crippen LogP contribution < -0.4 is 9.64 Å². The van der Waals surface area contributed by atoms with Crippen LogP contribution in [0.4, 0.5) is 14.5 Å². The highest BCUT2D eigenvalue weighted by atomic mass is 19.2. The molecule has 0 atom stereocenters. The summed E-state index contributed by atoms with van der Waals surface area (Å²) in [6.45, 7) is 7.31. The van der Waals surface area contributed by atoms with E-state index in [0.717, 1.165) is 29.9 Å². The first-order chi connectivity index (χ1) is 15.3. The van der Waals surface area contributed by atoms with Gasteiger partial charge in [0.2, 0.25) is 0 Å². The van der Waals surface area contributed by atoms with Gasteiger partial charge in [0.25, 0.3) is 11.8 Å². The fourth-order valence-corrected chi connectivity index (χ4v) is 4.13. The third kappa shape index (κ3) is 4.11. The van der Waals surface area contributed by atoms with E-state index in [1.54, 1.807) is 24.3 Å². The van der Waals surface area contributed by atoms with Crippen molar-refractivity contribution in [1.29, 1.82) is 0 Å². The number of carbonyl (C=O) groups is 2. The first-order valence-corrected chi connectivity index (χ1v) is 10.9. The van der Waals surface area contributed by atoms with Gasteiger partial charge >= 0.3 is 0 Å². The maximum Gasteiger partial charge on any atom is 0.282 e. The van der Waals surface area contributed by atoms with Gasteiger partial charge in [-0.15, -0.1) is 0 Å². The van der Waals surface area contributed by atoms with Crippen molar-refractivity contribution in [2.24, 2.45) is 5.92 Å². The summed E-state index contributed by atoms with van der Waals surface area (Å²) in [5.74, 6) is -2.02. The van der Waals surface area contributed by atoms with E-state index < -0.39 is 23.4 Å². The Hall–Kier alpha value is -3.22. The zero-order valence-electron chi connectivity index (χ0n) is 18.4. The Morgan fingerprint density at radius 2 is 1.59 bits per heavy atom. The van der Waals surface area contributed by atoms with Crippen LogP contribution in [0, 0.1) is 17.6 Å². The second kappa shape index (κ2) is 8.73. The molecule has 0 aliphatic carbocycles. The van der Waals surface area contributed by atoms with Crippen molar-refractivity contribution < 1.29 is 23.1 Å². The van der Waals surface area contributed by atoms with Crippen LogP contribution in [-0.2, 0) is 9.59 Å². The number of hydrogen-bond donors (Lipinski definition) is 0. The van der Waals surface area contributed by atoms with Crippen molar-refractivity contribution in [1.82, 2.24) is 4.90 Å². The summed E-state index contributed by atoms with van der Waals surface area (Å²) in [5.41, 5.74) is 1.17. The second-order valence-electron chi connectivity index (χ2n) is 8.63. The lowest BCUT2D eigenvalue weighted by Gasteiger charge is -2.32. The third-order valence-corrected chi connectivity index (χ3v) is 5.84. The summed E-state index contributed by atoms with van der Waals surface area (Å²) in [6.07, 6.45) is 1.82. The highest BCUT2D eigenvalue weighted by Crippen LogP contribution is 2.37. The fraction of sp³-hybridized carbons (Fsp3) is 0.360. The van der Waals surface area contributed by atoms with E-state index in [2.05, 4.69) is 6.92 Å². The summed E-state index contributed by atoms with van der Waals surface area (Å²) >= 11 is 0. The van der Waals surface area contributed by atoms with Crippen molar-refractivity contribution in [3.05, 3.63) is 65.4 Å². The topological polar surface area (TPSA) is 49.9 Å². The van der Waals surface area contributed by atoms with Crippen LogP contribution in [0.5, 0.6) is 5.75 Å². The molecule has 0 radical (unpaired) electrons. The molecule has 168 valence electrons. The van der Waals surface area contributed by atoms with E-state index in [9.17, 15) is 18.4 Å². The van der Waals surface area contributed by atoms with Crippen LogP contribution in [0.3, 0.4) is 0 Å². The summed E-state index contributed by atoms with van der Waals surface area (Å²) in [6, 6.07) is 10.1. The average Bonchev–Trinajstić information content (AvgIpc) is 3.01. The first kappa shape index (κ1) is 22.0. The van der Waals surface area contributed by atoms with E-state index in [4.69, 9.17) is 4.74 Å². The lowest BCUT2D eigenvalue weighted by atomic mass is 9.97. The van der Waals surface area contributed by atoms with Crippen LogP contribution in [0.15, 0.2) is 48.2 Å². The molecule has 1 saturated heterocycles. The maximum atomic E-state index is 13.9. The maximum absolute atomic E-state index is 13.9. The molecule has 0 N–H and O–H groups in total. The number of likely N-dealkylation sites (tertiary alicyclic amines) is 1. The van der Waals surface area contributed by atoms with Crippen LogP contribution in [0.2, 0.25) is 0 Å². The van der Waals surface area contributed by atoms with Gasteiger partial charge in [-0.1, -0.05) is 19.1 Å². The zero-order valence-corrected chi connectivity index (χ0v) is 18.4. The number of halogens is 2. The molecule has 4 rings (SSSR count). The predicted molar refractivity (Wildman–Crippen MR) is 118 cm³/mol. The van der Waals surface area contributed by atoms with Gasteiger partial charge in [0.1, 0.15) is 11.4 Å². The molecule has 1 fully saturated rings. The molecule has 0 spiro atoms. The summed E-state index contributed by atoms with van der Waals surface area (Å²) in [4.78, 5) is 29.8. The molecule has 2 heterocycles. The largest absolute Gasteiger partial charge is 0.491 e. The van der Waals surface area contributed by atoms with Gasteiger partial charge in [-0.25, -0.2) is 13.7 Å². The molecule has 0 bridgehead atoms. The molecular formula is C25H26F2N2O3. The third-order valence-electron chi connectivity index (χ3n) is 5.84. The van der Waals surface area contributed by atoms with E-state index in [1.165, 1.54) is 6.07 Å². The highest BCUT2D eigenvalue weighted by Gasteiger charge is 2.43. The normalized spacial score (nSPS) is 17.7. The number of anilines is 1. The van der Waals surface area contributed by atoms with Crippen molar-refractivity contribution in [3.8, 4) is 5.75 Å². The minimum atomic E-state index is -1.11. The van der Waals surface area contributed by atoms with Gasteiger partial charge in [-0.05, 0) is 62.4 Å². The molecule has 2 aliphatic heterocycles. The smallest absolute Gasteiger partial charge is 0.282 e. The van der Waals surface area contributed by atoms with Crippen LogP contribution in [-0.4, -0.2) is 35.9 Å². The summed E-state index contributed by atoms with van der Waals surface area (Å²) in [5, 5.41) is 0. The Bertz CT molecular complexity index is 1070. The van der Waals surface area contributed by atoms with Gasteiger partial charge in [-0.3, -0.25) is 9.59 Å². The zero-order chi connectivity index (χ0) is 23.0. The molecule has 2 aromatic rings. The molecule has 32 heavy (non-hydrogen) atoms. The number of carbonyl (C=O) groups excluding carboxylic acids is 2. The van der Waals surface area contributed by atoms with E-state index >= 15 is 0 Å². The average molecular weight is 440 g/mol. The Kier molecular flexibility index (Phi) is 6.00. The molecule has 7 heteroatoms. The monoisotopic (exact) mass is 440 g/mol. The van der Waals surface area contributed by atoms with Gasteiger partial charge in [0, 0.05) is 19.2 Å². The molecule has 2 aromatic carbocycles. The predicted octanol–water partition coefficient (Wildman–Crippen LogP) is 4.77. The van der Waals surface area contributed by atoms with E-state index in [-0.39, 0.29) is 17.4 Å². The van der Waals surface area contributed by atoms with Gasteiger partial charge in [0.15, 0.2) is 11.6 Å². The number of benzene rings is 2. The molecule has 0 unspecified atom stereocenters. The van der Waals surface area contributed by atoms with Crippen LogP contribution >= 0.6 is 0 Å². The molecule has 0 aromatic heterocycles. The van der Waals surface area contributed by atoms with Crippen molar-refractivity contribution in [2.45, 2.75) is 39.7 Å². The van der Waals surface area contributed by atoms with E-state index in [1.807, 2.05) is 18.7 Å². The van der Waals surface area contributed by atoms with Gasteiger partial charge in [-0.2, -0.15) is 0 Å². The summed E-state index contributed by atoms with van der Waals surface area (Å²) in [7, 11) is 0. The SMILES string of the molecule is CC1CCN(C2=C(c3ccc(OC(C)C)cc3)C(=O)N(c3ccc(F)c(F)c3)C2=O)CC1. The lowest BCUT2D eigenvalue weighted by molar-refractivity contribution is -0.120. The van der Waals surface area contributed by atoms with Crippen molar-refractivity contribution in [3.63, 3.8) is 0 Å². The van der Waals surface area contributed by atoms with Gasteiger partial charge in [0.05, 0.1) is 17.4 Å². The quantitative estimate of drug-likeness (QED) is 0.629.